The first-order valence-electron chi connectivity index (χ1n) is 9.31. The Morgan fingerprint density at radius 1 is 1.23 bits per heavy atom. The molecule has 2 aliphatic heterocycles. The summed E-state index contributed by atoms with van der Waals surface area (Å²) in [5.41, 5.74) is 2.60. The lowest BCUT2D eigenvalue weighted by atomic mass is 10.1. The average Bonchev–Trinajstić information content (AvgIpc) is 3.10. The second-order valence-corrected chi connectivity index (χ2v) is 6.59. The van der Waals surface area contributed by atoms with E-state index < -0.39 is 6.09 Å². The van der Waals surface area contributed by atoms with Crippen LogP contribution in [0.1, 0.15) is 24.5 Å². The van der Waals surface area contributed by atoms with Crippen molar-refractivity contribution in [2.75, 3.05) is 45.9 Å². The Labute approximate surface area is 154 Å². The van der Waals surface area contributed by atoms with Gasteiger partial charge < -0.3 is 19.7 Å². The largest absolute Gasteiger partial charge is 0.493 e. The van der Waals surface area contributed by atoms with Crippen LogP contribution in [0.5, 0.6) is 5.75 Å². The molecule has 7 nitrogen and oxygen atoms in total. The van der Waals surface area contributed by atoms with Crippen LogP contribution in [-0.2, 0) is 22.5 Å². The second-order valence-electron chi connectivity index (χ2n) is 6.59. The van der Waals surface area contributed by atoms with Gasteiger partial charge in [0.05, 0.1) is 13.2 Å². The Hall–Kier alpha value is -2.28. The number of rotatable bonds is 6. The highest BCUT2D eigenvalue weighted by Gasteiger charge is 2.21. The van der Waals surface area contributed by atoms with E-state index in [0.717, 1.165) is 51.5 Å². The van der Waals surface area contributed by atoms with Crippen molar-refractivity contribution in [3.63, 3.8) is 0 Å². The van der Waals surface area contributed by atoms with Crippen molar-refractivity contribution in [3.8, 4) is 5.75 Å². The van der Waals surface area contributed by atoms with Gasteiger partial charge in [0.15, 0.2) is 0 Å². The van der Waals surface area contributed by atoms with E-state index in [1.165, 1.54) is 11.1 Å². The van der Waals surface area contributed by atoms with E-state index >= 15 is 0 Å². The van der Waals surface area contributed by atoms with Gasteiger partial charge in [0.2, 0.25) is 5.91 Å². The Kier molecular flexibility index (Phi) is 6.33. The fourth-order valence-electron chi connectivity index (χ4n) is 3.36. The Bertz CT molecular complexity index is 642. The van der Waals surface area contributed by atoms with Crippen LogP contribution in [0.15, 0.2) is 18.2 Å². The van der Waals surface area contributed by atoms with Crippen LogP contribution in [0.3, 0.4) is 0 Å². The number of fused-ring (bicyclic) bond motifs is 1. The number of benzene rings is 1. The number of carbonyl (C=O) groups is 2. The highest BCUT2D eigenvalue weighted by molar-refractivity contribution is 5.77. The summed E-state index contributed by atoms with van der Waals surface area (Å²) < 4.78 is 10.3. The van der Waals surface area contributed by atoms with Gasteiger partial charge in [0, 0.05) is 52.1 Å². The SMILES string of the molecule is CCOC(=O)NCCC(=O)N1CCN(Cc2ccc3c(c2)CCO3)CC1. The monoisotopic (exact) mass is 361 g/mol. The lowest BCUT2D eigenvalue weighted by molar-refractivity contribution is -0.132. The number of piperazine rings is 1. The van der Waals surface area contributed by atoms with E-state index in [9.17, 15) is 9.59 Å². The maximum absolute atomic E-state index is 12.2. The van der Waals surface area contributed by atoms with Crippen LogP contribution in [0.25, 0.3) is 0 Å². The molecular weight excluding hydrogens is 334 g/mol. The molecule has 2 aliphatic rings. The third kappa shape index (κ3) is 4.88. The number of alkyl carbamates (subject to hydrolysis) is 1. The Balaban J connectivity index is 1.38. The van der Waals surface area contributed by atoms with Gasteiger partial charge in [-0.05, 0) is 24.1 Å². The molecule has 1 aromatic carbocycles. The maximum Gasteiger partial charge on any atom is 0.407 e. The van der Waals surface area contributed by atoms with E-state index in [1.807, 2.05) is 4.90 Å². The molecule has 2 heterocycles. The summed E-state index contributed by atoms with van der Waals surface area (Å²) in [4.78, 5) is 27.7. The van der Waals surface area contributed by atoms with E-state index in [-0.39, 0.29) is 5.91 Å². The normalized spacial score (nSPS) is 16.7. The van der Waals surface area contributed by atoms with Crippen molar-refractivity contribution in [2.45, 2.75) is 26.3 Å². The van der Waals surface area contributed by atoms with E-state index in [0.29, 0.717) is 19.6 Å². The highest BCUT2D eigenvalue weighted by atomic mass is 16.5. The van der Waals surface area contributed by atoms with Crippen LogP contribution >= 0.6 is 0 Å². The summed E-state index contributed by atoms with van der Waals surface area (Å²) in [6.07, 6.45) is 0.833. The second kappa shape index (κ2) is 8.89. The molecule has 1 N–H and O–H groups in total. The maximum atomic E-state index is 12.2. The fourth-order valence-corrected chi connectivity index (χ4v) is 3.36. The molecule has 0 saturated carbocycles. The minimum Gasteiger partial charge on any atom is -0.493 e. The number of hydrogen-bond acceptors (Lipinski definition) is 5. The zero-order valence-corrected chi connectivity index (χ0v) is 15.3. The number of nitrogens with zero attached hydrogens (tertiary/aromatic N) is 2. The number of ether oxygens (including phenoxy) is 2. The van der Waals surface area contributed by atoms with E-state index in [2.05, 4.69) is 28.4 Å². The lowest BCUT2D eigenvalue weighted by Gasteiger charge is -2.35. The van der Waals surface area contributed by atoms with Crippen LogP contribution in [0, 0.1) is 0 Å². The molecule has 0 radical (unpaired) electrons. The van der Waals surface area contributed by atoms with Crippen molar-refractivity contribution < 1.29 is 19.1 Å². The highest BCUT2D eigenvalue weighted by Crippen LogP contribution is 2.26. The molecule has 0 bridgehead atoms. The van der Waals surface area contributed by atoms with Crippen LogP contribution in [-0.4, -0.2) is 67.7 Å². The first-order chi connectivity index (χ1) is 12.7. The van der Waals surface area contributed by atoms with Gasteiger partial charge in [-0.1, -0.05) is 12.1 Å². The Morgan fingerprint density at radius 3 is 2.81 bits per heavy atom. The molecule has 26 heavy (non-hydrogen) atoms. The van der Waals surface area contributed by atoms with Crippen LogP contribution < -0.4 is 10.1 Å². The molecule has 0 atom stereocenters. The number of carbonyl (C=O) groups excluding carboxylic acids is 2. The van der Waals surface area contributed by atoms with Crippen molar-refractivity contribution in [2.24, 2.45) is 0 Å². The molecule has 0 aromatic heterocycles. The van der Waals surface area contributed by atoms with E-state index in [4.69, 9.17) is 9.47 Å². The minimum atomic E-state index is -0.468. The molecule has 2 amide bonds. The van der Waals surface area contributed by atoms with Crippen molar-refractivity contribution in [1.29, 1.82) is 0 Å². The first-order valence-corrected chi connectivity index (χ1v) is 9.31. The van der Waals surface area contributed by atoms with Gasteiger partial charge in [-0.25, -0.2) is 4.79 Å². The first kappa shape index (κ1) is 18.5. The number of amides is 2. The van der Waals surface area contributed by atoms with Crippen LogP contribution in [0.2, 0.25) is 0 Å². The van der Waals surface area contributed by atoms with Gasteiger partial charge >= 0.3 is 6.09 Å². The van der Waals surface area contributed by atoms with Gasteiger partial charge in [-0.3, -0.25) is 9.69 Å². The molecular formula is C19H27N3O4. The molecule has 1 saturated heterocycles. The summed E-state index contributed by atoms with van der Waals surface area (Å²) in [5, 5.41) is 2.59. The lowest BCUT2D eigenvalue weighted by Crippen LogP contribution is -2.48. The Morgan fingerprint density at radius 2 is 2.04 bits per heavy atom. The van der Waals surface area contributed by atoms with Gasteiger partial charge in [0.25, 0.3) is 0 Å². The third-order valence-electron chi connectivity index (χ3n) is 4.77. The molecule has 0 spiro atoms. The number of hydrogen-bond donors (Lipinski definition) is 1. The fraction of sp³-hybridized carbons (Fsp3) is 0.579. The molecule has 1 fully saturated rings. The molecule has 142 valence electrons. The summed E-state index contributed by atoms with van der Waals surface area (Å²) >= 11 is 0. The quantitative estimate of drug-likeness (QED) is 0.829. The molecule has 3 rings (SSSR count). The molecule has 0 aliphatic carbocycles. The summed E-state index contributed by atoms with van der Waals surface area (Å²) in [6, 6.07) is 6.43. The minimum absolute atomic E-state index is 0.0797. The standard InChI is InChI=1S/C19H27N3O4/c1-2-25-19(24)20-7-5-18(23)22-10-8-21(9-11-22)14-15-3-4-17-16(13-15)6-12-26-17/h3-4,13H,2,5-12,14H2,1H3,(H,20,24). The van der Waals surface area contributed by atoms with Crippen LogP contribution in [0.4, 0.5) is 4.79 Å². The zero-order chi connectivity index (χ0) is 18.4. The van der Waals surface area contributed by atoms with Crippen molar-refractivity contribution in [1.82, 2.24) is 15.1 Å². The average molecular weight is 361 g/mol. The number of nitrogens with one attached hydrogen (secondary N) is 1. The smallest absolute Gasteiger partial charge is 0.407 e. The molecule has 1 aromatic rings. The summed E-state index contributed by atoms with van der Waals surface area (Å²) in [5.74, 6) is 1.09. The summed E-state index contributed by atoms with van der Waals surface area (Å²) in [7, 11) is 0. The predicted octanol–water partition coefficient (Wildman–Crippen LogP) is 1.40. The third-order valence-corrected chi connectivity index (χ3v) is 4.77. The zero-order valence-electron chi connectivity index (χ0n) is 15.3. The van der Waals surface area contributed by atoms with E-state index in [1.54, 1.807) is 6.92 Å². The molecule has 0 unspecified atom stereocenters. The summed E-state index contributed by atoms with van der Waals surface area (Å²) in [6.45, 7) is 7.27. The topological polar surface area (TPSA) is 71.1 Å². The van der Waals surface area contributed by atoms with Gasteiger partial charge in [0.1, 0.15) is 5.75 Å². The molecule has 7 heteroatoms. The van der Waals surface area contributed by atoms with Gasteiger partial charge in [-0.2, -0.15) is 0 Å². The predicted molar refractivity (Wildman–Crippen MR) is 97.1 cm³/mol. The van der Waals surface area contributed by atoms with Crippen molar-refractivity contribution in [3.05, 3.63) is 29.3 Å². The van der Waals surface area contributed by atoms with Gasteiger partial charge in [-0.15, -0.1) is 0 Å². The van der Waals surface area contributed by atoms with Crippen molar-refractivity contribution >= 4 is 12.0 Å².